The standard InChI is InChI=1S/C15H24N2O3S/c1-3-11-6-4-5-8-17(11)9-7-13-16-12(10-20-2)14(21-13)15(18)19/h11H,3-10H2,1-2H3,(H,18,19). The molecule has 0 spiro atoms. The van der Waals surface area contributed by atoms with E-state index in [0.29, 0.717) is 16.6 Å². The van der Waals surface area contributed by atoms with Crippen molar-refractivity contribution in [3.8, 4) is 0 Å². The van der Waals surface area contributed by atoms with Crippen molar-refractivity contribution in [2.45, 2.75) is 51.7 Å². The normalized spacial score (nSPS) is 19.8. The van der Waals surface area contributed by atoms with Crippen LogP contribution in [0.2, 0.25) is 0 Å². The van der Waals surface area contributed by atoms with E-state index in [1.54, 1.807) is 7.11 Å². The van der Waals surface area contributed by atoms with Crippen molar-refractivity contribution in [2.75, 3.05) is 20.2 Å². The zero-order valence-corrected chi connectivity index (χ0v) is 13.6. The second-order valence-electron chi connectivity index (χ2n) is 5.47. The summed E-state index contributed by atoms with van der Waals surface area (Å²) in [6, 6.07) is 0.677. The smallest absolute Gasteiger partial charge is 0.347 e. The summed E-state index contributed by atoms with van der Waals surface area (Å²) < 4.78 is 5.03. The molecule has 1 aliphatic heterocycles. The van der Waals surface area contributed by atoms with Gasteiger partial charge in [0.2, 0.25) is 0 Å². The van der Waals surface area contributed by atoms with Crippen LogP contribution >= 0.6 is 11.3 Å². The average Bonchev–Trinajstić information content (AvgIpc) is 2.89. The van der Waals surface area contributed by atoms with Crippen LogP contribution in [0.1, 0.15) is 53.0 Å². The van der Waals surface area contributed by atoms with Gasteiger partial charge in [0.15, 0.2) is 0 Å². The van der Waals surface area contributed by atoms with Crippen molar-refractivity contribution in [3.05, 3.63) is 15.6 Å². The summed E-state index contributed by atoms with van der Waals surface area (Å²) in [5, 5.41) is 10.1. The van der Waals surface area contributed by atoms with Gasteiger partial charge in [-0.25, -0.2) is 9.78 Å². The molecular formula is C15H24N2O3S. The number of likely N-dealkylation sites (tertiary alicyclic amines) is 1. The van der Waals surface area contributed by atoms with Gasteiger partial charge in [0.25, 0.3) is 0 Å². The lowest BCUT2D eigenvalue weighted by atomic mass is 10.00. The number of thiazole rings is 1. The lowest BCUT2D eigenvalue weighted by molar-refractivity contribution is 0.0697. The Kier molecular flexibility index (Phi) is 6.14. The molecule has 6 heteroatoms. The van der Waals surface area contributed by atoms with Gasteiger partial charge in [-0.1, -0.05) is 13.3 Å². The second kappa shape index (κ2) is 7.87. The van der Waals surface area contributed by atoms with Crippen molar-refractivity contribution < 1.29 is 14.6 Å². The molecule has 1 aliphatic rings. The van der Waals surface area contributed by atoms with E-state index >= 15 is 0 Å². The van der Waals surface area contributed by atoms with E-state index in [0.717, 1.165) is 24.5 Å². The topological polar surface area (TPSA) is 62.7 Å². The van der Waals surface area contributed by atoms with Crippen LogP contribution in [0.25, 0.3) is 0 Å². The summed E-state index contributed by atoms with van der Waals surface area (Å²) in [4.78, 5) is 18.5. The maximum absolute atomic E-state index is 11.2. The van der Waals surface area contributed by atoms with E-state index in [-0.39, 0.29) is 6.61 Å². The zero-order chi connectivity index (χ0) is 15.2. The highest BCUT2D eigenvalue weighted by atomic mass is 32.1. The molecule has 1 atom stereocenters. The van der Waals surface area contributed by atoms with Gasteiger partial charge in [-0.2, -0.15) is 0 Å². The quantitative estimate of drug-likeness (QED) is 0.839. The minimum atomic E-state index is -0.907. The summed E-state index contributed by atoms with van der Waals surface area (Å²) in [5.74, 6) is -0.907. The van der Waals surface area contributed by atoms with Crippen molar-refractivity contribution in [3.63, 3.8) is 0 Å². The molecule has 0 saturated carbocycles. The Morgan fingerprint density at radius 3 is 3.00 bits per heavy atom. The Bertz CT molecular complexity index is 475. The molecular weight excluding hydrogens is 288 g/mol. The highest BCUT2D eigenvalue weighted by molar-refractivity contribution is 7.13. The molecule has 5 nitrogen and oxygen atoms in total. The number of hydrogen-bond donors (Lipinski definition) is 1. The number of rotatable bonds is 7. The van der Waals surface area contributed by atoms with Gasteiger partial charge in [0.1, 0.15) is 4.88 Å². The van der Waals surface area contributed by atoms with Gasteiger partial charge in [0, 0.05) is 26.1 Å². The molecule has 1 N–H and O–H groups in total. The van der Waals surface area contributed by atoms with Gasteiger partial charge in [-0.05, 0) is 25.8 Å². The van der Waals surface area contributed by atoms with E-state index < -0.39 is 5.97 Å². The monoisotopic (exact) mass is 312 g/mol. The molecule has 21 heavy (non-hydrogen) atoms. The number of aromatic nitrogens is 1. The third kappa shape index (κ3) is 4.25. The molecule has 1 fully saturated rings. The van der Waals surface area contributed by atoms with Crippen LogP contribution in [0.15, 0.2) is 0 Å². The van der Waals surface area contributed by atoms with Gasteiger partial charge < -0.3 is 9.84 Å². The summed E-state index contributed by atoms with van der Waals surface area (Å²) in [6.07, 6.45) is 5.89. The number of nitrogens with zero attached hydrogens (tertiary/aromatic N) is 2. The van der Waals surface area contributed by atoms with E-state index in [2.05, 4.69) is 16.8 Å². The first-order valence-electron chi connectivity index (χ1n) is 7.60. The van der Waals surface area contributed by atoms with Crippen molar-refractivity contribution in [1.29, 1.82) is 0 Å². The highest BCUT2D eigenvalue weighted by Gasteiger charge is 2.22. The zero-order valence-electron chi connectivity index (χ0n) is 12.8. The van der Waals surface area contributed by atoms with E-state index in [1.807, 2.05) is 0 Å². The molecule has 118 valence electrons. The third-order valence-corrected chi connectivity index (χ3v) is 5.20. The molecule has 1 saturated heterocycles. The largest absolute Gasteiger partial charge is 0.477 e. The Morgan fingerprint density at radius 2 is 2.33 bits per heavy atom. The van der Waals surface area contributed by atoms with Crippen LogP contribution in [-0.2, 0) is 17.8 Å². The van der Waals surface area contributed by atoms with Gasteiger partial charge >= 0.3 is 5.97 Å². The van der Waals surface area contributed by atoms with E-state index in [1.165, 1.54) is 37.0 Å². The van der Waals surface area contributed by atoms with Gasteiger partial charge in [0.05, 0.1) is 17.3 Å². The number of hydrogen-bond acceptors (Lipinski definition) is 5. The number of piperidine rings is 1. The Balaban J connectivity index is 1.99. The average molecular weight is 312 g/mol. The summed E-state index contributed by atoms with van der Waals surface area (Å²) in [7, 11) is 1.56. The second-order valence-corrected chi connectivity index (χ2v) is 6.55. The van der Waals surface area contributed by atoms with Crippen LogP contribution in [0.3, 0.4) is 0 Å². The maximum atomic E-state index is 11.2. The van der Waals surface area contributed by atoms with Crippen molar-refractivity contribution in [2.24, 2.45) is 0 Å². The summed E-state index contributed by atoms with van der Waals surface area (Å²) in [5.41, 5.74) is 0.552. The molecule has 0 radical (unpaired) electrons. The lowest BCUT2D eigenvalue weighted by Crippen LogP contribution is -2.40. The fraction of sp³-hybridized carbons (Fsp3) is 0.733. The number of carbonyl (C=O) groups is 1. The number of carboxylic acids is 1. The Labute approximate surface area is 129 Å². The molecule has 1 unspecified atom stereocenters. The minimum Gasteiger partial charge on any atom is -0.477 e. The van der Waals surface area contributed by atoms with Crippen molar-refractivity contribution in [1.82, 2.24) is 9.88 Å². The van der Waals surface area contributed by atoms with E-state index in [4.69, 9.17) is 4.74 Å². The predicted molar refractivity (Wildman–Crippen MR) is 83.0 cm³/mol. The van der Waals surface area contributed by atoms with Crippen LogP contribution < -0.4 is 0 Å². The molecule has 0 aliphatic carbocycles. The SMILES string of the molecule is CCC1CCCCN1CCc1nc(COC)c(C(=O)O)s1. The third-order valence-electron chi connectivity index (χ3n) is 4.05. The molecule has 2 rings (SSSR count). The molecule has 0 aromatic carbocycles. The maximum Gasteiger partial charge on any atom is 0.347 e. The minimum absolute atomic E-state index is 0.263. The Morgan fingerprint density at radius 1 is 1.52 bits per heavy atom. The van der Waals surface area contributed by atoms with Crippen LogP contribution in [0, 0.1) is 0 Å². The van der Waals surface area contributed by atoms with E-state index in [9.17, 15) is 9.90 Å². The molecule has 0 amide bonds. The molecule has 2 heterocycles. The fourth-order valence-electron chi connectivity index (χ4n) is 2.97. The van der Waals surface area contributed by atoms with Crippen LogP contribution in [-0.4, -0.2) is 47.2 Å². The number of ether oxygens (including phenoxy) is 1. The first kappa shape index (κ1) is 16.4. The summed E-state index contributed by atoms with van der Waals surface area (Å²) >= 11 is 1.29. The molecule has 1 aromatic rings. The number of aromatic carboxylic acids is 1. The van der Waals surface area contributed by atoms with Crippen LogP contribution in [0.4, 0.5) is 0 Å². The highest BCUT2D eigenvalue weighted by Crippen LogP contribution is 2.23. The van der Waals surface area contributed by atoms with Gasteiger partial charge in [-0.3, -0.25) is 4.90 Å². The van der Waals surface area contributed by atoms with Gasteiger partial charge in [-0.15, -0.1) is 11.3 Å². The molecule has 0 bridgehead atoms. The van der Waals surface area contributed by atoms with Crippen LogP contribution in [0.5, 0.6) is 0 Å². The fourth-order valence-corrected chi connectivity index (χ4v) is 3.86. The van der Waals surface area contributed by atoms with Crippen molar-refractivity contribution >= 4 is 17.3 Å². The summed E-state index contributed by atoms with van der Waals surface area (Å²) in [6.45, 7) is 4.63. The first-order chi connectivity index (χ1) is 10.2. The molecule has 1 aromatic heterocycles. The Hall–Kier alpha value is -0.980. The predicted octanol–water partition coefficient (Wildman–Crippen LogP) is 2.79. The number of methoxy groups -OCH3 is 1. The lowest BCUT2D eigenvalue weighted by Gasteiger charge is -2.34. The first-order valence-corrected chi connectivity index (χ1v) is 8.42. The number of carboxylic acid groups (broad SMARTS) is 1.